The van der Waals surface area contributed by atoms with Crippen molar-refractivity contribution < 1.29 is 35.7 Å². The molecule has 0 aromatic carbocycles. The third kappa shape index (κ3) is 5.84. The topological polar surface area (TPSA) is 157 Å². The standard InChI is InChI=1S/C11H21NO.C8H19NO6/c1-4-9(13)12-7-10(2)5-11(3,6-10)8-12;10-1-7(2-11,3-12)9-8(4-13,5-14)6-15/h9,13H,4-8H2,1-3H3;9-15H,1-6H2. The molecule has 9 heteroatoms. The Balaban J connectivity index is 0.000000281. The van der Waals surface area contributed by atoms with Gasteiger partial charge < -0.3 is 35.7 Å². The first-order valence-corrected chi connectivity index (χ1v) is 9.90. The van der Waals surface area contributed by atoms with Gasteiger partial charge in [-0.1, -0.05) is 20.8 Å². The lowest BCUT2D eigenvalue weighted by Gasteiger charge is -2.62. The summed E-state index contributed by atoms with van der Waals surface area (Å²) < 4.78 is 0. The summed E-state index contributed by atoms with van der Waals surface area (Å²) in [6.45, 7) is 5.37. The van der Waals surface area contributed by atoms with Crippen molar-refractivity contribution in [3.63, 3.8) is 0 Å². The molecule has 3 rings (SSSR count). The van der Waals surface area contributed by atoms with Crippen LogP contribution in [0.25, 0.3) is 0 Å². The normalized spacial score (nSPS) is 28.9. The highest BCUT2D eigenvalue weighted by atomic mass is 16.3. The van der Waals surface area contributed by atoms with E-state index in [4.69, 9.17) is 30.6 Å². The Morgan fingerprint density at radius 1 is 0.786 bits per heavy atom. The van der Waals surface area contributed by atoms with E-state index in [0.717, 1.165) is 19.5 Å². The second-order valence-electron chi connectivity index (χ2n) is 9.40. The maximum absolute atomic E-state index is 9.78. The molecule has 0 amide bonds. The van der Waals surface area contributed by atoms with Crippen LogP contribution < -0.4 is 5.32 Å². The van der Waals surface area contributed by atoms with E-state index in [0.29, 0.717) is 10.8 Å². The third-order valence-electron chi connectivity index (χ3n) is 6.01. The molecule has 2 aliphatic heterocycles. The van der Waals surface area contributed by atoms with E-state index in [1.807, 2.05) is 0 Å². The molecule has 3 aliphatic rings. The van der Waals surface area contributed by atoms with E-state index in [1.54, 1.807) is 0 Å². The first-order chi connectivity index (χ1) is 13.0. The Morgan fingerprint density at radius 3 is 1.36 bits per heavy atom. The molecule has 9 nitrogen and oxygen atoms in total. The molecule has 1 saturated carbocycles. The number of fused-ring (bicyclic) bond motifs is 2. The zero-order chi connectivity index (χ0) is 21.6. The lowest BCUT2D eigenvalue weighted by atomic mass is 9.51. The zero-order valence-corrected chi connectivity index (χ0v) is 17.4. The molecule has 1 unspecified atom stereocenters. The molecule has 0 aromatic heterocycles. The minimum Gasteiger partial charge on any atom is -0.394 e. The highest BCUT2D eigenvalue weighted by molar-refractivity contribution is 5.06. The van der Waals surface area contributed by atoms with Gasteiger partial charge in [0.15, 0.2) is 0 Å². The fraction of sp³-hybridized carbons (Fsp3) is 1.00. The van der Waals surface area contributed by atoms with Crippen molar-refractivity contribution in [1.29, 1.82) is 0 Å². The van der Waals surface area contributed by atoms with Crippen LogP contribution in [0.1, 0.15) is 40.0 Å². The molecule has 0 spiro atoms. The van der Waals surface area contributed by atoms with Crippen molar-refractivity contribution in [1.82, 2.24) is 10.2 Å². The van der Waals surface area contributed by atoms with Gasteiger partial charge in [-0.05, 0) is 30.1 Å². The second kappa shape index (κ2) is 10.1. The highest BCUT2D eigenvalue weighted by Crippen LogP contribution is 2.58. The molecule has 3 fully saturated rings. The Hall–Kier alpha value is -0.360. The molecule has 2 bridgehead atoms. The predicted octanol–water partition coefficient (Wildman–Crippen LogP) is -2.16. The average molecular weight is 409 g/mol. The summed E-state index contributed by atoms with van der Waals surface area (Å²) >= 11 is 0. The summed E-state index contributed by atoms with van der Waals surface area (Å²) in [4.78, 5) is 2.26. The number of aliphatic hydroxyl groups excluding tert-OH is 7. The van der Waals surface area contributed by atoms with Crippen LogP contribution in [0.2, 0.25) is 0 Å². The Kier molecular flexibility index (Phi) is 9.26. The summed E-state index contributed by atoms with van der Waals surface area (Å²) in [5, 5.41) is 66.2. The number of aliphatic hydroxyl groups is 7. The van der Waals surface area contributed by atoms with Gasteiger partial charge in [0.1, 0.15) is 6.23 Å². The number of hydrogen-bond acceptors (Lipinski definition) is 9. The molecule has 2 heterocycles. The van der Waals surface area contributed by atoms with E-state index < -0.39 is 50.7 Å². The number of nitrogens with one attached hydrogen (secondary N) is 1. The van der Waals surface area contributed by atoms with Gasteiger partial charge in [0, 0.05) is 13.1 Å². The summed E-state index contributed by atoms with van der Waals surface area (Å²) in [5.41, 5.74) is -1.89. The molecule has 168 valence electrons. The smallest absolute Gasteiger partial charge is 0.107 e. The van der Waals surface area contributed by atoms with Gasteiger partial charge in [-0.2, -0.15) is 0 Å². The van der Waals surface area contributed by atoms with Gasteiger partial charge in [-0.15, -0.1) is 0 Å². The van der Waals surface area contributed by atoms with Crippen LogP contribution in [0, 0.1) is 10.8 Å². The Labute approximate surface area is 167 Å². The average Bonchev–Trinajstić information content (AvgIpc) is 2.68. The molecule has 0 radical (unpaired) electrons. The summed E-state index contributed by atoms with van der Waals surface area (Å²) in [6.07, 6.45) is 3.35. The zero-order valence-electron chi connectivity index (χ0n) is 17.4. The highest BCUT2D eigenvalue weighted by Gasteiger charge is 2.54. The first-order valence-electron chi connectivity index (χ1n) is 9.90. The van der Waals surface area contributed by atoms with Crippen LogP contribution in [0.4, 0.5) is 0 Å². The van der Waals surface area contributed by atoms with Crippen molar-refractivity contribution in [3.05, 3.63) is 0 Å². The van der Waals surface area contributed by atoms with Gasteiger partial charge >= 0.3 is 0 Å². The van der Waals surface area contributed by atoms with E-state index in [-0.39, 0.29) is 6.23 Å². The minimum absolute atomic E-state index is 0.209. The van der Waals surface area contributed by atoms with Crippen molar-refractivity contribution in [2.45, 2.75) is 57.3 Å². The van der Waals surface area contributed by atoms with Crippen molar-refractivity contribution in [3.8, 4) is 0 Å². The monoisotopic (exact) mass is 408 g/mol. The Bertz CT molecular complexity index is 413. The lowest BCUT2D eigenvalue weighted by molar-refractivity contribution is -0.161. The first kappa shape index (κ1) is 25.7. The van der Waals surface area contributed by atoms with Crippen molar-refractivity contribution in [2.24, 2.45) is 10.8 Å². The van der Waals surface area contributed by atoms with Gasteiger partial charge in [0.2, 0.25) is 0 Å². The van der Waals surface area contributed by atoms with Gasteiger partial charge in [-0.3, -0.25) is 10.2 Å². The fourth-order valence-electron chi connectivity index (χ4n) is 4.84. The number of nitrogens with zero attached hydrogens (tertiary/aromatic N) is 1. The number of rotatable bonds is 10. The van der Waals surface area contributed by atoms with Crippen LogP contribution in [0.5, 0.6) is 0 Å². The van der Waals surface area contributed by atoms with Crippen LogP contribution in [-0.4, -0.2) is 111 Å². The summed E-state index contributed by atoms with van der Waals surface area (Å²) in [5.74, 6) is 0. The summed E-state index contributed by atoms with van der Waals surface area (Å²) in [6, 6.07) is 0. The van der Waals surface area contributed by atoms with Crippen LogP contribution in [0.3, 0.4) is 0 Å². The van der Waals surface area contributed by atoms with Gasteiger partial charge in [0.05, 0.1) is 50.7 Å². The van der Waals surface area contributed by atoms with Crippen LogP contribution in [-0.2, 0) is 0 Å². The summed E-state index contributed by atoms with van der Waals surface area (Å²) in [7, 11) is 0. The maximum atomic E-state index is 9.78. The van der Waals surface area contributed by atoms with E-state index in [2.05, 4.69) is 31.0 Å². The molecule has 8 N–H and O–H groups in total. The number of hydrogen-bond donors (Lipinski definition) is 8. The third-order valence-corrected chi connectivity index (χ3v) is 6.01. The molecule has 2 saturated heterocycles. The Morgan fingerprint density at radius 2 is 1.11 bits per heavy atom. The van der Waals surface area contributed by atoms with E-state index in [1.165, 1.54) is 12.8 Å². The predicted molar refractivity (Wildman–Crippen MR) is 104 cm³/mol. The van der Waals surface area contributed by atoms with Crippen LogP contribution >= 0.6 is 0 Å². The second-order valence-corrected chi connectivity index (χ2v) is 9.40. The molecule has 1 aliphatic carbocycles. The molecular weight excluding hydrogens is 368 g/mol. The number of piperidine rings is 2. The maximum Gasteiger partial charge on any atom is 0.107 e. The largest absolute Gasteiger partial charge is 0.394 e. The van der Waals surface area contributed by atoms with Crippen molar-refractivity contribution in [2.75, 3.05) is 52.7 Å². The quantitative estimate of drug-likeness (QED) is 0.202. The van der Waals surface area contributed by atoms with Gasteiger partial charge in [0.25, 0.3) is 0 Å². The molecule has 28 heavy (non-hydrogen) atoms. The molecule has 1 atom stereocenters. The minimum atomic E-state index is -1.45. The fourth-order valence-corrected chi connectivity index (χ4v) is 4.84. The van der Waals surface area contributed by atoms with Gasteiger partial charge in [-0.25, -0.2) is 0 Å². The van der Waals surface area contributed by atoms with E-state index in [9.17, 15) is 5.11 Å². The lowest BCUT2D eigenvalue weighted by Crippen LogP contribution is -2.68. The SMILES string of the molecule is CCC(O)N1CC2(C)CC(C)(C1)C2.OCC(CO)(CO)NC(CO)(CO)CO. The van der Waals surface area contributed by atoms with E-state index >= 15 is 0 Å². The molecule has 0 aromatic rings. The van der Waals surface area contributed by atoms with Crippen LogP contribution in [0.15, 0.2) is 0 Å². The van der Waals surface area contributed by atoms with Crippen molar-refractivity contribution >= 4 is 0 Å². The molecular formula is C19H40N2O7.